The lowest BCUT2D eigenvalue weighted by molar-refractivity contribution is -0.122. The van der Waals surface area contributed by atoms with Crippen LogP contribution in [0.15, 0.2) is 24.3 Å². The molecule has 4 heteroatoms. The number of carbonyl (C=O) groups excluding carboxylic acids is 1. The first-order valence-electron chi connectivity index (χ1n) is 7.24. The van der Waals surface area contributed by atoms with Crippen molar-refractivity contribution < 1.29 is 15.0 Å². The predicted molar refractivity (Wildman–Crippen MR) is 77.4 cm³/mol. The van der Waals surface area contributed by atoms with Gasteiger partial charge < -0.3 is 15.5 Å². The number of nitrogens with one attached hydrogen (secondary N) is 1. The van der Waals surface area contributed by atoms with Crippen molar-refractivity contribution >= 4 is 5.91 Å². The Morgan fingerprint density at radius 1 is 1.40 bits per heavy atom. The lowest BCUT2D eigenvalue weighted by Gasteiger charge is -2.35. The highest BCUT2D eigenvalue weighted by molar-refractivity contribution is 5.78. The molecule has 0 heterocycles. The van der Waals surface area contributed by atoms with Crippen molar-refractivity contribution in [2.24, 2.45) is 5.92 Å². The molecule has 0 radical (unpaired) electrons. The predicted octanol–water partition coefficient (Wildman–Crippen LogP) is 1.99. The zero-order valence-corrected chi connectivity index (χ0v) is 11.9. The van der Waals surface area contributed by atoms with E-state index in [4.69, 9.17) is 0 Å². The number of hydrogen-bond donors (Lipinski definition) is 3. The van der Waals surface area contributed by atoms with Crippen LogP contribution in [0.2, 0.25) is 0 Å². The summed E-state index contributed by atoms with van der Waals surface area (Å²) in [6, 6.07) is 6.59. The number of aromatic hydroxyl groups is 1. The van der Waals surface area contributed by atoms with Gasteiger partial charge in [0.1, 0.15) is 5.75 Å². The van der Waals surface area contributed by atoms with Gasteiger partial charge >= 0.3 is 0 Å². The Morgan fingerprint density at radius 3 is 2.75 bits per heavy atom. The Hall–Kier alpha value is -1.55. The van der Waals surface area contributed by atoms with Crippen LogP contribution in [0.1, 0.15) is 38.2 Å². The van der Waals surface area contributed by atoms with Crippen LogP contribution in [-0.2, 0) is 11.2 Å². The molecule has 110 valence electrons. The first kappa shape index (κ1) is 14.9. The highest BCUT2D eigenvalue weighted by Crippen LogP contribution is 2.31. The highest BCUT2D eigenvalue weighted by atomic mass is 16.3. The van der Waals surface area contributed by atoms with Crippen molar-refractivity contribution in [2.75, 3.05) is 6.54 Å². The van der Waals surface area contributed by atoms with Gasteiger partial charge in [0.15, 0.2) is 0 Å². The van der Waals surface area contributed by atoms with Crippen molar-refractivity contribution in [3.63, 3.8) is 0 Å². The summed E-state index contributed by atoms with van der Waals surface area (Å²) in [6.07, 6.45) is 3.96. The van der Waals surface area contributed by atoms with E-state index >= 15 is 0 Å². The van der Waals surface area contributed by atoms with Crippen LogP contribution in [0.4, 0.5) is 0 Å². The normalized spacial score (nSPS) is 26.2. The molecule has 0 saturated heterocycles. The van der Waals surface area contributed by atoms with E-state index in [0.717, 1.165) is 31.2 Å². The highest BCUT2D eigenvalue weighted by Gasteiger charge is 2.32. The maximum Gasteiger partial charge on any atom is 0.224 e. The number of phenols is 1. The number of amides is 1. The Balaban J connectivity index is 1.81. The lowest BCUT2D eigenvalue weighted by atomic mass is 9.79. The molecule has 0 aliphatic heterocycles. The number of carbonyl (C=O) groups is 1. The minimum absolute atomic E-state index is 0.0951. The molecule has 20 heavy (non-hydrogen) atoms. The van der Waals surface area contributed by atoms with Gasteiger partial charge in [-0.2, -0.15) is 0 Å². The number of hydrogen-bond acceptors (Lipinski definition) is 3. The molecule has 2 rings (SSSR count). The van der Waals surface area contributed by atoms with E-state index in [0.29, 0.717) is 12.5 Å². The topological polar surface area (TPSA) is 69.6 Å². The van der Waals surface area contributed by atoms with E-state index in [1.165, 1.54) is 0 Å². The number of phenolic OH excluding ortho intramolecular Hbond substituents is 1. The summed E-state index contributed by atoms with van der Waals surface area (Å²) in [5.41, 5.74) is 0.103. The third kappa shape index (κ3) is 4.23. The first-order valence-corrected chi connectivity index (χ1v) is 7.24. The van der Waals surface area contributed by atoms with Gasteiger partial charge in [-0.1, -0.05) is 31.9 Å². The Morgan fingerprint density at radius 2 is 2.10 bits per heavy atom. The monoisotopic (exact) mass is 277 g/mol. The van der Waals surface area contributed by atoms with Crippen LogP contribution in [-0.4, -0.2) is 28.3 Å². The van der Waals surface area contributed by atoms with Crippen molar-refractivity contribution in [2.45, 2.75) is 44.6 Å². The molecule has 0 aromatic heterocycles. The van der Waals surface area contributed by atoms with Crippen LogP contribution in [0, 0.1) is 5.92 Å². The number of benzene rings is 1. The molecular weight excluding hydrogens is 254 g/mol. The van der Waals surface area contributed by atoms with E-state index < -0.39 is 5.60 Å². The number of rotatable bonds is 4. The molecule has 4 nitrogen and oxygen atoms in total. The minimum Gasteiger partial charge on any atom is -0.508 e. The molecule has 1 amide bonds. The maximum absolute atomic E-state index is 11.9. The number of aliphatic hydroxyl groups is 1. The molecule has 1 aromatic carbocycles. The van der Waals surface area contributed by atoms with Gasteiger partial charge in [-0.25, -0.2) is 0 Å². The summed E-state index contributed by atoms with van der Waals surface area (Å²) in [6.45, 7) is 2.47. The summed E-state index contributed by atoms with van der Waals surface area (Å²) < 4.78 is 0. The first-order chi connectivity index (χ1) is 9.47. The van der Waals surface area contributed by atoms with Gasteiger partial charge in [0.05, 0.1) is 12.0 Å². The van der Waals surface area contributed by atoms with Crippen LogP contribution in [0.5, 0.6) is 5.75 Å². The standard InChI is InChI=1S/C16H23NO3/c1-12-3-2-8-16(20,10-12)11-17-15(19)9-13-4-6-14(18)7-5-13/h4-7,12,18,20H,2-3,8-11H2,1H3,(H,17,19). The molecule has 1 aromatic rings. The average Bonchev–Trinajstić information content (AvgIpc) is 2.39. The van der Waals surface area contributed by atoms with E-state index in [-0.39, 0.29) is 18.1 Å². The second-order valence-corrected chi connectivity index (χ2v) is 6.05. The Labute approximate surface area is 119 Å². The SMILES string of the molecule is CC1CCCC(O)(CNC(=O)Cc2ccc(O)cc2)C1. The molecule has 0 bridgehead atoms. The van der Waals surface area contributed by atoms with E-state index in [2.05, 4.69) is 12.2 Å². The second kappa shape index (κ2) is 6.27. The summed E-state index contributed by atoms with van der Waals surface area (Å²) in [4.78, 5) is 11.9. The van der Waals surface area contributed by atoms with Crippen molar-refractivity contribution in [1.82, 2.24) is 5.32 Å². The smallest absolute Gasteiger partial charge is 0.224 e. The quantitative estimate of drug-likeness (QED) is 0.788. The van der Waals surface area contributed by atoms with E-state index in [1.807, 2.05) is 0 Å². The minimum atomic E-state index is -0.748. The van der Waals surface area contributed by atoms with Crippen molar-refractivity contribution in [3.05, 3.63) is 29.8 Å². The van der Waals surface area contributed by atoms with Gasteiger partial charge in [-0.3, -0.25) is 4.79 Å². The fraction of sp³-hybridized carbons (Fsp3) is 0.562. The zero-order chi connectivity index (χ0) is 14.6. The molecule has 1 aliphatic rings. The third-order valence-corrected chi connectivity index (χ3v) is 3.98. The molecule has 2 unspecified atom stereocenters. The van der Waals surface area contributed by atoms with Gasteiger partial charge in [0, 0.05) is 6.54 Å². The third-order valence-electron chi connectivity index (χ3n) is 3.98. The van der Waals surface area contributed by atoms with E-state index in [1.54, 1.807) is 24.3 Å². The summed E-state index contributed by atoms with van der Waals surface area (Å²) in [5, 5.41) is 22.5. The van der Waals surface area contributed by atoms with Crippen molar-refractivity contribution in [1.29, 1.82) is 0 Å². The van der Waals surface area contributed by atoms with Crippen LogP contribution in [0.25, 0.3) is 0 Å². The molecule has 1 aliphatic carbocycles. The Kier molecular flexibility index (Phi) is 4.65. The molecule has 0 spiro atoms. The van der Waals surface area contributed by atoms with E-state index in [9.17, 15) is 15.0 Å². The van der Waals surface area contributed by atoms with Gasteiger partial charge in [-0.05, 0) is 36.5 Å². The fourth-order valence-corrected chi connectivity index (χ4v) is 2.92. The molecule has 1 fully saturated rings. The van der Waals surface area contributed by atoms with Gasteiger partial charge in [0.2, 0.25) is 5.91 Å². The largest absolute Gasteiger partial charge is 0.508 e. The Bertz CT molecular complexity index is 457. The fourth-order valence-electron chi connectivity index (χ4n) is 2.92. The average molecular weight is 277 g/mol. The van der Waals surface area contributed by atoms with Crippen LogP contribution >= 0.6 is 0 Å². The molecule has 3 N–H and O–H groups in total. The maximum atomic E-state index is 11.9. The summed E-state index contributed by atoms with van der Waals surface area (Å²) in [5.74, 6) is 0.616. The summed E-state index contributed by atoms with van der Waals surface area (Å²) >= 11 is 0. The molecule has 2 atom stereocenters. The lowest BCUT2D eigenvalue weighted by Crippen LogP contribution is -2.46. The zero-order valence-electron chi connectivity index (χ0n) is 11.9. The molecule has 1 saturated carbocycles. The van der Waals surface area contributed by atoms with Gasteiger partial charge in [-0.15, -0.1) is 0 Å². The molecular formula is C16H23NO3. The van der Waals surface area contributed by atoms with Crippen LogP contribution < -0.4 is 5.32 Å². The van der Waals surface area contributed by atoms with Crippen LogP contribution in [0.3, 0.4) is 0 Å². The summed E-state index contributed by atoms with van der Waals surface area (Å²) in [7, 11) is 0. The van der Waals surface area contributed by atoms with Crippen molar-refractivity contribution in [3.8, 4) is 5.75 Å². The second-order valence-electron chi connectivity index (χ2n) is 6.05. The van der Waals surface area contributed by atoms with Gasteiger partial charge in [0.25, 0.3) is 0 Å².